The van der Waals surface area contributed by atoms with Crippen molar-refractivity contribution in [1.29, 1.82) is 0 Å². The molecule has 0 saturated heterocycles. The first-order valence-electron chi connectivity index (χ1n) is 52.5. The number of rotatable bonds is 2. The minimum atomic E-state index is 0. The molecule has 0 amide bonds. The van der Waals surface area contributed by atoms with Crippen LogP contribution in [0.2, 0.25) is 0 Å². The molecule has 1 nitrogen and oxygen atoms in total. The molecule has 0 spiro atoms. The molecule has 2 heteroatoms. The van der Waals surface area contributed by atoms with Crippen LogP contribution in [0.1, 0.15) is 496 Å². The third-order valence-corrected chi connectivity index (χ3v) is 35.2. The van der Waals surface area contributed by atoms with Crippen molar-refractivity contribution in [3.63, 3.8) is 0 Å². The van der Waals surface area contributed by atoms with E-state index in [0.29, 0.717) is 0 Å². The summed E-state index contributed by atoms with van der Waals surface area (Å²) >= 11 is 0. The predicted molar refractivity (Wildman–Crippen MR) is 583 cm³/mol. The topological polar surface area (TPSA) is 20.2 Å². The van der Waals surface area contributed by atoms with Crippen molar-refractivity contribution in [3.05, 3.63) is 419 Å². The first kappa shape index (κ1) is 103. The predicted octanol–water partition coefficient (Wildman–Crippen LogP) is 37.0. The molecule has 7 aliphatic carbocycles. The van der Waals surface area contributed by atoms with Crippen molar-refractivity contribution in [1.82, 2.24) is 0 Å². The molecule has 12 aromatic rings. The Morgan fingerprint density at radius 1 is 0.169 bits per heavy atom. The third-order valence-electron chi connectivity index (χ3n) is 35.2. The van der Waals surface area contributed by atoms with Gasteiger partial charge in [0.1, 0.15) is 0 Å². The summed E-state index contributed by atoms with van der Waals surface area (Å²) in [5.41, 5.74) is 71.3. The Balaban J connectivity index is 0.00000143. The smallest absolute Gasteiger partial charge is 0.0161 e. The van der Waals surface area contributed by atoms with Gasteiger partial charge in [-0.25, -0.2) is 0 Å². The van der Waals surface area contributed by atoms with Crippen LogP contribution in [0.3, 0.4) is 0 Å². The minimum absolute atomic E-state index is 0. The zero-order valence-corrected chi connectivity index (χ0v) is 91.0. The van der Waals surface area contributed by atoms with E-state index in [1.165, 1.54) is 267 Å². The van der Waals surface area contributed by atoms with Crippen LogP contribution in [0.25, 0.3) is 0 Å². The minimum Gasteiger partial charge on any atom is -0.399 e. The van der Waals surface area contributed by atoms with Gasteiger partial charge in [0.25, 0.3) is 0 Å². The molecule has 0 atom stereocenters. The van der Waals surface area contributed by atoms with Crippen LogP contribution in [-0.2, 0) is 25.8 Å². The van der Waals surface area contributed by atoms with Crippen LogP contribution in [0.4, 0.5) is 0 Å². The number of benzene rings is 12. The maximum absolute atomic E-state index is 8.04. The van der Waals surface area contributed by atoms with Crippen molar-refractivity contribution in [2.75, 3.05) is 6.61 Å². The quantitative estimate of drug-likeness (QED) is 0.135. The number of aliphatic hydroxyl groups excluding tert-OH is 1. The van der Waals surface area contributed by atoms with Gasteiger partial charge in [-0.15, -0.1) is 0 Å². The van der Waals surface area contributed by atoms with Crippen molar-refractivity contribution in [3.8, 4) is 0 Å². The second-order valence-electron chi connectivity index (χ2n) is 43.9. The number of aliphatic hydroxyl groups is 1. The Hall–Kier alpha value is -8.53. The van der Waals surface area contributed by atoms with Gasteiger partial charge in [0.2, 0.25) is 0 Å². The van der Waals surface area contributed by atoms with Gasteiger partial charge in [-0.1, -0.05) is 213 Å². The largest absolute Gasteiger partial charge is 0.399 e. The molecular weight excluding hydrogens is 1800 g/mol. The van der Waals surface area contributed by atoms with Crippen molar-refractivity contribution < 1.29 is 30.9 Å². The normalized spacial score (nSPS) is 21.4. The third kappa shape index (κ3) is 19.3. The molecule has 714 valence electrons. The van der Waals surface area contributed by atoms with Gasteiger partial charge in [0.15, 0.2) is 0 Å². The number of aryl methyl sites for hydroxylation is 24. The van der Waals surface area contributed by atoms with E-state index in [1.54, 1.807) is 0 Å². The maximum Gasteiger partial charge on any atom is 0.0161 e. The SMILES string of the molecule is C.C.CC.C[CH-]CCO.Cc1cc(C)c2cc1C1CCCC3c4cc(c(C)cc4C)C4CCCC5c6cc(c(C)cc6C)C6CCCC2c2cc(c(C)cc2C)[C@H]2CCC[C@@H](c7cc1c(C)cc7C)c1cc(c(C)cc1C)[C@H](CCC[C@@H](c1cc4c(C)cc1C)c1cc(c(C)cc1C)[C@H](CCC[C@@H](c1cc6c(C)cc1C)c1cc2c(C)cc1C)c1cc5c(C)cc1C)c1cc3c(C)cc1C.[Hf]. The maximum atomic E-state index is 8.04. The Labute approximate surface area is 844 Å². The van der Waals surface area contributed by atoms with Gasteiger partial charge < -0.3 is 11.5 Å². The molecule has 0 radical (unpaired) electrons. The van der Waals surface area contributed by atoms with E-state index in [2.05, 4.69) is 312 Å². The Morgan fingerprint density at radius 2 is 0.243 bits per heavy atom. The summed E-state index contributed by atoms with van der Waals surface area (Å²) in [5.74, 6) is 1.90. The van der Waals surface area contributed by atoms with E-state index in [9.17, 15) is 0 Å². The van der Waals surface area contributed by atoms with Crippen molar-refractivity contribution in [2.24, 2.45) is 0 Å². The van der Waals surface area contributed by atoms with Crippen LogP contribution < -0.4 is 0 Å². The van der Waals surface area contributed by atoms with E-state index in [0.717, 1.165) is 122 Å². The molecule has 0 aromatic heterocycles. The molecular formula is C134H167HfO-. The second-order valence-corrected chi connectivity index (χ2v) is 43.9. The number of fused-ring (bicyclic) bond motifs is 24. The monoisotopic (exact) mass is 1970 g/mol. The molecule has 12 aromatic carbocycles. The van der Waals surface area contributed by atoms with Gasteiger partial charge in [-0.3, -0.25) is 0 Å². The average Bonchev–Trinajstić information content (AvgIpc) is 0.757. The molecule has 1 N–H and O–H groups in total. The zero-order chi connectivity index (χ0) is 94.5. The summed E-state index contributed by atoms with van der Waals surface area (Å²) in [6.45, 7) is 66.4. The van der Waals surface area contributed by atoms with Gasteiger partial charge in [0.05, 0.1) is 0 Å². The summed E-state index contributed by atoms with van der Waals surface area (Å²) in [7, 11) is 0. The van der Waals surface area contributed by atoms with Crippen LogP contribution in [-0.4, -0.2) is 11.7 Å². The van der Waals surface area contributed by atoms with Crippen molar-refractivity contribution in [2.45, 2.75) is 395 Å². The van der Waals surface area contributed by atoms with Crippen molar-refractivity contribution >= 4 is 0 Å². The summed E-state index contributed by atoms with van der Waals surface area (Å²) in [4.78, 5) is 0. The fourth-order valence-corrected chi connectivity index (χ4v) is 28.7. The molecule has 136 heavy (non-hydrogen) atoms. The molecule has 0 heterocycles. The fraction of sp³-hybridized carbons (Fsp3) is 0.455. The molecule has 0 fully saturated rings. The first-order chi connectivity index (χ1) is 63.8. The van der Waals surface area contributed by atoms with Gasteiger partial charge >= 0.3 is 0 Å². The Kier molecular flexibility index (Phi) is 32.3. The van der Waals surface area contributed by atoms with Gasteiger partial charge in [-0.05, 0) is 510 Å². The number of unbranched alkanes of at least 4 members (excludes halogenated alkanes) is 1. The Morgan fingerprint density at radius 3 is 0.294 bits per heavy atom. The van der Waals surface area contributed by atoms with Gasteiger partial charge in [0, 0.05) is 103 Å². The second kappa shape index (κ2) is 42.5. The van der Waals surface area contributed by atoms with E-state index in [1.807, 2.05) is 27.2 Å². The number of hydrogen-bond acceptors (Lipinski definition) is 1. The summed E-state index contributed by atoms with van der Waals surface area (Å²) in [6, 6.07) is 66.5. The molecule has 36 bridgehead atoms. The van der Waals surface area contributed by atoms with Gasteiger partial charge in [-0.2, -0.15) is 13.3 Å². The standard InChI is InChI=1S/C126H144.C4H9O.C2H6.2CH4.Hf/c1-67-43-68(2)104-55-103(67)91-31-25-32-93-105-56-107(71(5)44-69(105)3)96-37-28-38-99-112-59-110(74(8)47-76(112)10)98(120-63-119(93)83(17)51-84(120)18)39-29-40-101-113-60-114(78(12)48-77(113)11)102(126-66-125(99)89(23)54-90(126)24)42-30-41-100-111-58-109(73(7)46-75(111)9)97(123-65-124(101)88(22)53-87(123)21)36-27-35-94(116-61-115(91)79(13)49-80(116)14)106-57-108(72(6)45-70(106)4)95(121-64-122(100)86(20)52-85(121)19)34-26-33-92(104)117-62-118(96)82(16)50-81(117)15;1-2-3-4-5;1-2;;;/h43-66,91-102H,25-42H2,1-24H3;2,5H,3-4H2,1H3;1-2H3;2*1H4;/q;-1;;;;/t91-,92?,93+,94+,95?,96?,97-,98-,99?,100?,101+,102?;;;;;. The van der Waals surface area contributed by atoms with Crippen LogP contribution >= 0.6 is 0 Å². The van der Waals surface area contributed by atoms with Crippen LogP contribution in [0.5, 0.6) is 0 Å². The number of hydrogen-bond donors (Lipinski definition) is 1. The Bertz CT molecular complexity index is 5170. The van der Waals surface area contributed by atoms with E-state index in [-0.39, 0.29) is 118 Å². The molecule has 0 unspecified atom stereocenters. The van der Waals surface area contributed by atoms with E-state index < -0.39 is 0 Å². The summed E-state index contributed by atoms with van der Waals surface area (Å²) < 4.78 is 0. The fourth-order valence-electron chi connectivity index (χ4n) is 28.7. The summed E-state index contributed by atoms with van der Waals surface area (Å²) in [6.07, 6.45) is 21.9. The molecule has 19 rings (SSSR count). The van der Waals surface area contributed by atoms with Crippen LogP contribution in [0, 0.1) is 173 Å². The van der Waals surface area contributed by atoms with E-state index >= 15 is 0 Å². The first-order valence-corrected chi connectivity index (χ1v) is 52.5. The molecule has 0 saturated carbocycles. The van der Waals surface area contributed by atoms with E-state index in [4.69, 9.17) is 5.11 Å². The average molecular weight is 1970 g/mol. The zero-order valence-electron chi connectivity index (χ0n) is 87.5. The summed E-state index contributed by atoms with van der Waals surface area (Å²) in [5, 5.41) is 8.04. The molecule has 0 aliphatic heterocycles. The molecule has 7 aliphatic rings. The van der Waals surface area contributed by atoms with Crippen LogP contribution in [0.15, 0.2) is 146 Å².